The van der Waals surface area contributed by atoms with Crippen molar-refractivity contribution < 1.29 is 59.8 Å². The van der Waals surface area contributed by atoms with Crippen molar-refractivity contribution in [2.24, 2.45) is 40.3 Å². The number of carboxylic acids is 1. The third-order valence-electron chi connectivity index (χ3n) is 11.3. The van der Waals surface area contributed by atoms with Crippen molar-refractivity contribution >= 4 is 18.1 Å². The van der Waals surface area contributed by atoms with Crippen LogP contribution in [0.3, 0.4) is 0 Å². The van der Waals surface area contributed by atoms with Crippen LogP contribution in [0.4, 0.5) is 0 Å². The summed E-state index contributed by atoms with van der Waals surface area (Å²) in [4.78, 5) is 28.5. The molecule has 2 saturated heterocycles. The van der Waals surface area contributed by atoms with Crippen molar-refractivity contribution in [2.75, 3.05) is 13.1 Å². The summed E-state index contributed by atoms with van der Waals surface area (Å²) in [6, 6.07) is 0. The van der Waals surface area contributed by atoms with Gasteiger partial charge in [-0.05, 0) is 50.4 Å². The normalized spacial score (nSPS) is 42.8. The highest BCUT2D eigenvalue weighted by Gasteiger charge is 2.60. The number of aliphatic hydroxyl groups excluding tert-OH is 4. The number of aliphatic carboxylic acids is 1. The Kier molecular flexibility index (Phi) is 11.7. The number of carbonyl (C=O) groups is 2. The Bertz CT molecular complexity index is 1160. The standard InChI is InChI=1S/C33H51N3O11/c1-16(2)19(11-17-9-10-35-13-17)14-36-15-33(44)29(40)26(39)28(31(42)43)47-32(33)45-21-7-8-22-23(12-21)46-27(30(34)41)24(25(22)38)18-3-5-20(37)6-4-18/h9-10,13,16,18-29,32,36-40,44H,3-8,11-12,14-15H2,1-2H3,(H2-,34,41,42,43)/p+2. The van der Waals surface area contributed by atoms with Gasteiger partial charge in [0.15, 0.2) is 24.2 Å². The van der Waals surface area contributed by atoms with Gasteiger partial charge in [-0.3, -0.25) is 4.79 Å². The molecule has 0 aromatic carbocycles. The van der Waals surface area contributed by atoms with Crippen LogP contribution in [0.5, 0.6) is 0 Å². The maximum Gasteiger partial charge on any atom is 0.297 e. The Hall–Kier alpha value is -2.14. The van der Waals surface area contributed by atoms with Crippen molar-refractivity contribution in [1.82, 2.24) is 0 Å². The van der Waals surface area contributed by atoms with Gasteiger partial charge in [0.05, 0.1) is 48.7 Å². The van der Waals surface area contributed by atoms with Crippen LogP contribution in [-0.4, -0.2) is 122 Å². The average molecular weight is 668 g/mol. The number of aliphatic hydroxyl groups is 7. The number of quaternary nitrogens is 1. The minimum Gasteiger partial charge on any atom is -0.547 e. The number of hydrogen-bond donors (Lipinski definition) is 7. The lowest BCUT2D eigenvalue weighted by atomic mass is 9.66. The summed E-state index contributed by atoms with van der Waals surface area (Å²) in [7, 11) is 0. The molecule has 0 aromatic heterocycles. The van der Waals surface area contributed by atoms with Gasteiger partial charge >= 0.3 is 0 Å². The topological polar surface area (TPSA) is 245 Å². The summed E-state index contributed by atoms with van der Waals surface area (Å²) in [5.41, 5.74) is 4.70. The summed E-state index contributed by atoms with van der Waals surface area (Å²) < 4.78 is 16.6. The fourth-order valence-corrected chi connectivity index (χ4v) is 8.42. The van der Waals surface area contributed by atoms with E-state index in [2.05, 4.69) is 18.8 Å². The molecular formula is C33H53N3O11+2. The Labute approximate surface area is 275 Å². The number of nitrogens with zero attached hydrogens (tertiary/aromatic N) is 1. The molecule has 5 rings (SSSR count). The first kappa shape index (κ1) is 36.1. The maximum atomic E-state index is 12.6. The van der Waals surface area contributed by atoms with Crippen LogP contribution in [0.25, 0.3) is 0 Å². The van der Waals surface area contributed by atoms with E-state index >= 15 is 0 Å². The molecule has 12 atom stereocenters. The van der Waals surface area contributed by atoms with Gasteiger partial charge < -0.3 is 60.7 Å². The highest BCUT2D eigenvalue weighted by Crippen LogP contribution is 2.45. The van der Waals surface area contributed by atoms with E-state index in [-0.39, 0.29) is 36.8 Å². The number of primary amides is 1. The van der Waals surface area contributed by atoms with Crippen molar-refractivity contribution in [1.29, 1.82) is 0 Å². The molecule has 0 radical (unpaired) electrons. The first-order valence-corrected chi connectivity index (χ1v) is 17.1. The zero-order valence-corrected chi connectivity index (χ0v) is 27.2. The molecule has 1 amide bonds. The molecule has 47 heavy (non-hydrogen) atoms. The van der Waals surface area contributed by atoms with E-state index in [1.54, 1.807) is 12.8 Å². The van der Waals surface area contributed by atoms with E-state index in [1.807, 2.05) is 11.4 Å². The van der Waals surface area contributed by atoms with Gasteiger partial charge in [-0.25, -0.2) is 0 Å². The molecule has 0 aromatic rings. The molecule has 264 valence electrons. The zero-order valence-electron chi connectivity index (χ0n) is 27.2. The van der Waals surface area contributed by atoms with E-state index in [9.17, 15) is 40.2 Å². The first-order chi connectivity index (χ1) is 22.3. The lowest BCUT2D eigenvalue weighted by Gasteiger charge is -2.50. The van der Waals surface area contributed by atoms with Crippen LogP contribution >= 0.6 is 0 Å². The van der Waals surface area contributed by atoms with Crippen LogP contribution in [0, 0.1) is 36.1 Å². The van der Waals surface area contributed by atoms with Gasteiger partial charge in [0, 0.05) is 18.8 Å². The number of amides is 1. The predicted molar refractivity (Wildman–Crippen MR) is 165 cm³/mol. The molecule has 0 bridgehead atoms. The summed E-state index contributed by atoms with van der Waals surface area (Å²) in [6.45, 7) is 6.33. The molecule has 3 heterocycles. The third-order valence-corrected chi connectivity index (χ3v) is 11.3. The predicted octanol–water partition coefficient (Wildman–Crippen LogP) is -3.21. The fourth-order valence-electron chi connectivity index (χ4n) is 8.42. The van der Waals surface area contributed by atoms with Crippen LogP contribution < -0.4 is 16.2 Å². The second-order valence-corrected chi connectivity index (χ2v) is 14.7. The summed E-state index contributed by atoms with van der Waals surface area (Å²) in [6.07, 6.45) is -2.44. The number of rotatable bonds is 12. The van der Waals surface area contributed by atoms with E-state index in [4.69, 9.17) is 19.9 Å². The molecule has 14 heteroatoms. The van der Waals surface area contributed by atoms with E-state index in [0.29, 0.717) is 51.0 Å². The molecule has 4 fully saturated rings. The van der Waals surface area contributed by atoms with Crippen molar-refractivity contribution in [3.8, 4) is 0 Å². The molecule has 10 N–H and O–H groups in total. The van der Waals surface area contributed by atoms with E-state index in [1.165, 1.54) is 0 Å². The van der Waals surface area contributed by atoms with Gasteiger partial charge in [0.2, 0.25) is 6.10 Å². The molecule has 5 aliphatic rings. The molecule has 12 unspecified atom stereocenters. The number of carbonyl (C=O) groups excluding carboxylic acids is 2. The van der Waals surface area contributed by atoms with Gasteiger partial charge in [0.25, 0.3) is 5.91 Å². The van der Waals surface area contributed by atoms with Crippen LogP contribution in [0.15, 0.2) is 16.6 Å². The minimum atomic E-state index is -2.18. The number of hydrogen-bond acceptors (Lipinski definition) is 11. The van der Waals surface area contributed by atoms with Crippen LogP contribution in [0.1, 0.15) is 65.2 Å². The van der Waals surface area contributed by atoms with E-state index < -0.39 is 72.4 Å². The largest absolute Gasteiger partial charge is 0.547 e. The number of aliphatic imine (C=N–C) groups is 1. The Morgan fingerprint density at radius 2 is 1.89 bits per heavy atom. The number of allylic oxidation sites excluding steroid dienone is 1. The van der Waals surface area contributed by atoms with Gasteiger partial charge in [0.1, 0.15) is 37.0 Å². The molecule has 2 aliphatic carbocycles. The van der Waals surface area contributed by atoms with Crippen LogP contribution in [-0.2, 0) is 19.1 Å². The van der Waals surface area contributed by atoms with Crippen molar-refractivity contribution in [2.45, 2.75) is 126 Å². The highest BCUT2D eigenvalue weighted by molar-refractivity contribution is 5.82. The average Bonchev–Trinajstić information content (AvgIpc) is 3.54. The van der Waals surface area contributed by atoms with Gasteiger partial charge in [-0.2, -0.15) is 0 Å². The lowest BCUT2D eigenvalue weighted by molar-refractivity contribution is -0.680. The van der Waals surface area contributed by atoms with Gasteiger partial charge in [-0.1, -0.05) is 13.8 Å². The third kappa shape index (κ3) is 7.86. The smallest absolute Gasteiger partial charge is 0.297 e. The summed E-state index contributed by atoms with van der Waals surface area (Å²) in [5, 5.41) is 68.7. The van der Waals surface area contributed by atoms with Crippen molar-refractivity contribution in [3.05, 3.63) is 18.2 Å². The number of nitrogens with two attached hydrogens (primary N) is 2. The minimum absolute atomic E-state index is 0.0117. The van der Waals surface area contributed by atoms with E-state index in [0.717, 1.165) is 12.0 Å². The number of fused-ring (bicyclic) bond motifs is 1. The molecular weight excluding hydrogens is 614 g/mol. The lowest BCUT2D eigenvalue weighted by Crippen LogP contribution is -2.93. The Morgan fingerprint density at radius 3 is 2.51 bits per heavy atom. The quantitative estimate of drug-likeness (QED) is 0.0811. The summed E-state index contributed by atoms with van der Waals surface area (Å²) >= 11 is 0. The van der Waals surface area contributed by atoms with Crippen LogP contribution in [0.2, 0.25) is 0 Å². The number of ether oxygens (including phenoxy) is 3. The second kappa shape index (κ2) is 15.2. The second-order valence-electron chi connectivity index (χ2n) is 14.7. The van der Waals surface area contributed by atoms with Crippen molar-refractivity contribution in [3.63, 3.8) is 0 Å². The monoisotopic (exact) mass is 667 g/mol. The highest BCUT2D eigenvalue weighted by atomic mass is 16.7. The van der Waals surface area contributed by atoms with Gasteiger partial charge in [-0.15, -0.1) is 4.99 Å². The Balaban J connectivity index is 1.27. The fraction of sp³-hybridized carbons (Fsp3) is 0.818. The maximum absolute atomic E-state index is 12.6. The summed E-state index contributed by atoms with van der Waals surface area (Å²) in [5.74, 6) is -2.56. The molecule has 3 aliphatic heterocycles. The number of carboxylic acid groups (broad SMARTS) is 1. The zero-order chi connectivity index (χ0) is 34.0. The SMILES string of the molecule is CC(C)C(C[NH2+]CC1(O)C(OC2CCC3C(C2)[OH+]C(C(N)=O)C(C2CCC(O)CC2)C3O)OC(C(=O)[O-])C(O)C1O)CC1=C[CH+]N=C1. The Morgan fingerprint density at radius 1 is 1.17 bits per heavy atom. The molecule has 14 nitrogen and oxygen atoms in total. The molecule has 2 saturated carbocycles. The first-order valence-electron chi connectivity index (χ1n) is 17.1. The molecule has 0 spiro atoms.